The predicted octanol–water partition coefficient (Wildman–Crippen LogP) is 2.41. The maximum Gasteiger partial charge on any atom is 0.315 e. The van der Waals surface area contributed by atoms with Gasteiger partial charge in [0.05, 0.1) is 17.7 Å². The fraction of sp³-hybridized carbons (Fsp3) is 0.400. The minimum atomic E-state index is -1.10. The van der Waals surface area contributed by atoms with Crippen LogP contribution >= 0.6 is 23.2 Å². The molecule has 0 aromatic heterocycles. The van der Waals surface area contributed by atoms with Gasteiger partial charge in [-0.3, -0.25) is 19.3 Å². The summed E-state index contributed by atoms with van der Waals surface area (Å²) >= 11 is 11.8. The van der Waals surface area contributed by atoms with Crippen molar-refractivity contribution in [1.29, 1.82) is 0 Å². The quantitative estimate of drug-likeness (QED) is 0.479. The Bertz CT molecular complexity index is 653. The number of carbonyl (C=O) groups excluding carboxylic acids is 3. The maximum absolute atomic E-state index is 12.1. The van der Waals surface area contributed by atoms with Crippen molar-refractivity contribution in [2.75, 3.05) is 13.2 Å². The van der Waals surface area contributed by atoms with E-state index < -0.39 is 15.7 Å². The summed E-state index contributed by atoms with van der Waals surface area (Å²) < 4.78 is 4.01. The van der Waals surface area contributed by atoms with Crippen LogP contribution in [0.5, 0.6) is 0 Å². The third kappa shape index (κ3) is 2.20. The second-order valence-electron chi connectivity index (χ2n) is 5.66. The van der Waals surface area contributed by atoms with Crippen molar-refractivity contribution in [2.24, 2.45) is 5.41 Å². The van der Waals surface area contributed by atoms with Gasteiger partial charge < -0.3 is 4.74 Å². The number of imide groups is 1. The van der Waals surface area contributed by atoms with Crippen LogP contribution in [-0.4, -0.2) is 40.2 Å². The molecule has 0 radical (unpaired) electrons. The molecule has 1 aliphatic heterocycles. The number of fused-ring (bicyclic) bond motifs is 1. The second kappa shape index (κ2) is 4.96. The van der Waals surface area contributed by atoms with Crippen molar-refractivity contribution < 1.29 is 19.1 Å². The summed E-state index contributed by atoms with van der Waals surface area (Å²) in [5, 5.41) is 0. The van der Waals surface area contributed by atoms with Crippen molar-refractivity contribution >= 4 is 41.0 Å². The number of nitrogens with zero attached hydrogens (tertiary/aromatic N) is 1. The molecule has 1 heterocycles. The number of halogens is 2. The van der Waals surface area contributed by atoms with Crippen molar-refractivity contribution in [1.82, 2.24) is 4.90 Å². The van der Waals surface area contributed by atoms with E-state index in [1.807, 2.05) is 0 Å². The van der Waals surface area contributed by atoms with Crippen LogP contribution in [0.2, 0.25) is 0 Å². The molecule has 0 saturated heterocycles. The molecule has 7 heteroatoms. The Morgan fingerprint density at radius 2 is 1.73 bits per heavy atom. The van der Waals surface area contributed by atoms with E-state index in [2.05, 4.69) is 0 Å². The molecular formula is C15H13Cl2NO4. The Hall–Kier alpha value is -1.59. The van der Waals surface area contributed by atoms with Gasteiger partial charge in [-0.05, 0) is 19.1 Å². The zero-order chi connectivity index (χ0) is 16.1. The average Bonchev–Trinajstić information content (AvgIpc) is 2.92. The van der Waals surface area contributed by atoms with Crippen LogP contribution in [0.1, 0.15) is 34.1 Å². The van der Waals surface area contributed by atoms with E-state index >= 15 is 0 Å². The molecule has 1 saturated carbocycles. The lowest BCUT2D eigenvalue weighted by molar-refractivity contribution is -0.149. The summed E-state index contributed by atoms with van der Waals surface area (Å²) in [4.78, 5) is 37.2. The molecule has 3 rings (SSSR count). The number of benzene rings is 1. The first-order chi connectivity index (χ1) is 10.3. The van der Waals surface area contributed by atoms with Gasteiger partial charge in [0.2, 0.25) is 0 Å². The maximum atomic E-state index is 12.1. The molecule has 0 N–H and O–H groups in total. The van der Waals surface area contributed by atoms with Gasteiger partial charge in [-0.1, -0.05) is 12.1 Å². The lowest BCUT2D eigenvalue weighted by Gasteiger charge is -2.16. The fourth-order valence-electron chi connectivity index (χ4n) is 2.45. The van der Waals surface area contributed by atoms with E-state index in [9.17, 15) is 14.4 Å². The number of alkyl halides is 2. The summed E-state index contributed by atoms with van der Waals surface area (Å²) in [6, 6.07) is 6.59. The molecule has 2 amide bonds. The van der Waals surface area contributed by atoms with Crippen molar-refractivity contribution in [2.45, 2.75) is 17.7 Å². The largest absolute Gasteiger partial charge is 0.463 e. The molecule has 1 aliphatic carbocycles. The number of rotatable bonds is 4. The van der Waals surface area contributed by atoms with Crippen molar-refractivity contribution in [3.8, 4) is 0 Å². The van der Waals surface area contributed by atoms with Gasteiger partial charge in [0.1, 0.15) is 16.4 Å². The summed E-state index contributed by atoms with van der Waals surface area (Å²) in [6.45, 7) is 1.55. The highest BCUT2D eigenvalue weighted by Gasteiger charge is 2.69. The SMILES string of the molecule is CC1(C(=O)OCCN2C(=O)c3ccccc3C2=O)CC1(Cl)Cl. The minimum Gasteiger partial charge on any atom is -0.463 e. The van der Waals surface area contributed by atoms with Crippen LogP contribution in [0.3, 0.4) is 0 Å². The van der Waals surface area contributed by atoms with Gasteiger partial charge in [0.15, 0.2) is 0 Å². The van der Waals surface area contributed by atoms with Crippen LogP contribution < -0.4 is 0 Å². The Labute approximate surface area is 137 Å². The number of amides is 2. The highest BCUT2D eigenvalue weighted by molar-refractivity contribution is 6.53. The van der Waals surface area contributed by atoms with Crippen molar-refractivity contribution in [3.63, 3.8) is 0 Å². The molecular weight excluding hydrogens is 329 g/mol. The van der Waals surface area contributed by atoms with Gasteiger partial charge in [-0.15, -0.1) is 23.2 Å². The van der Waals surface area contributed by atoms with Gasteiger partial charge in [0.25, 0.3) is 11.8 Å². The summed E-state index contributed by atoms with van der Waals surface area (Å²) in [5.41, 5.74) is -0.181. The molecule has 1 unspecified atom stereocenters. The average molecular weight is 342 g/mol. The zero-order valence-electron chi connectivity index (χ0n) is 11.8. The first kappa shape index (κ1) is 15.3. The van der Waals surface area contributed by atoms with E-state index in [0.29, 0.717) is 17.5 Å². The van der Waals surface area contributed by atoms with Crippen LogP contribution in [-0.2, 0) is 9.53 Å². The Morgan fingerprint density at radius 3 is 2.18 bits per heavy atom. The highest BCUT2D eigenvalue weighted by atomic mass is 35.5. The molecule has 2 aliphatic rings. The molecule has 0 spiro atoms. The summed E-state index contributed by atoms with van der Waals surface area (Å²) in [5.74, 6) is -1.27. The second-order valence-corrected chi connectivity index (χ2v) is 7.14. The zero-order valence-corrected chi connectivity index (χ0v) is 13.3. The third-order valence-corrected chi connectivity index (χ3v) is 5.24. The third-order valence-electron chi connectivity index (χ3n) is 4.13. The lowest BCUT2D eigenvalue weighted by Crippen LogP contribution is -2.34. The van der Waals surface area contributed by atoms with E-state index in [-0.39, 0.29) is 25.0 Å². The van der Waals surface area contributed by atoms with Gasteiger partial charge in [0, 0.05) is 6.42 Å². The summed E-state index contributed by atoms with van der Waals surface area (Å²) in [7, 11) is 0. The number of hydrogen-bond acceptors (Lipinski definition) is 4. The van der Waals surface area contributed by atoms with E-state index in [4.69, 9.17) is 27.9 Å². The topological polar surface area (TPSA) is 63.7 Å². The minimum absolute atomic E-state index is 0.00569. The number of ether oxygens (including phenoxy) is 1. The number of esters is 1. The fourth-order valence-corrected chi connectivity index (χ4v) is 3.14. The summed E-state index contributed by atoms with van der Waals surface area (Å²) in [6.07, 6.45) is 0.328. The smallest absolute Gasteiger partial charge is 0.315 e. The molecule has 1 aromatic rings. The normalized spacial score (nSPS) is 25.1. The Balaban J connectivity index is 1.59. The molecule has 1 fully saturated rings. The molecule has 22 heavy (non-hydrogen) atoms. The standard InChI is InChI=1S/C15H13Cl2NO4/c1-14(8-15(14,16)17)13(21)22-7-6-18-11(19)9-4-2-3-5-10(9)12(18)20/h2-5H,6-8H2,1H3. The van der Waals surface area contributed by atoms with Crippen LogP contribution in [0.15, 0.2) is 24.3 Å². The van der Waals surface area contributed by atoms with E-state index in [1.165, 1.54) is 0 Å². The van der Waals surface area contributed by atoms with Gasteiger partial charge in [-0.25, -0.2) is 0 Å². The molecule has 0 bridgehead atoms. The Morgan fingerprint density at radius 1 is 1.23 bits per heavy atom. The van der Waals surface area contributed by atoms with Crippen molar-refractivity contribution in [3.05, 3.63) is 35.4 Å². The van der Waals surface area contributed by atoms with E-state index in [0.717, 1.165) is 4.90 Å². The number of hydrogen-bond donors (Lipinski definition) is 0. The van der Waals surface area contributed by atoms with Gasteiger partial charge in [-0.2, -0.15) is 0 Å². The van der Waals surface area contributed by atoms with Crippen LogP contribution in [0, 0.1) is 5.41 Å². The Kier molecular flexibility index (Phi) is 3.45. The van der Waals surface area contributed by atoms with Crippen LogP contribution in [0.4, 0.5) is 0 Å². The first-order valence-electron chi connectivity index (χ1n) is 6.78. The van der Waals surface area contributed by atoms with Gasteiger partial charge >= 0.3 is 5.97 Å². The predicted molar refractivity (Wildman–Crippen MR) is 79.9 cm³/mol. The highest BCUT2D eigenvalue weighted by Crippen LogP contribution is 2.64. The molecule has 1 atom stereocenters. The lowest BCUT2D eigenvalue weighted by atomic mass is 10.1. The molecule has 116 valence electrons. The van der Waals surface area contributed by atoms with E-state index in [1.54, 1.807) is 31.2 Å². The molecule has 1 aromatic carbocycles. The monoisotopic (exact) mass is 341 g/mol. The first-order valence-corrected chi connectivity index (χ1v) is 7.54. The number of carbonyl (C=O) groups is 3. The molecule has 5 nitrogen and oxygen atoms in total. The van der Waals surface area contributed by atoms with Crippen LogP contribution in [0.25, 0.3) is 0 Å².